The molecule has 0 bridgehead atoms. The highest BCUT2D eigenvalue weighted by Gasteiger charge is 2.62. The fraction of sp³-hybridized carbons (Fsp3) is 0.350. The van der Waals surface area contributed by atoms with Crippen molar-refractivity contribution in [2.75, 3.05) is 20.8 Å². The van der Waals surface area contributed by atoms with E-state index in [0.29, 0.717) is 4.57 Å². The Kier molecular flexibility index (Phi) is 7.49. The van der Waals surface area contributed by atoms with Crippen molar-refractivity contribution in [3.05, 3.63) is 68.7 Å². The van der Waals surface area contributed by atoms with Gasteiger partial charge in [0.1, 0.15) is 5.82 Å². The molecule has 15 heteroatoms. The molecule has 4 atom stereocenters. The van der Waals surface area contributed by atoms with Gasteiger partial charge in [0.05, 0.1) is 19.8 Å². The minimum absolute atomic E-state index is 0.144. The molecule has 2 heterocycles. The second-order valence-corrected chi connectivity index (χ2v) is 6.92. The molecule has 0 unspecified atom stereocenters. The summed E-state index contributed by atoms with van der Waals surface area (Å²) >= 11 is 0. The quantitative estimate of drug-likeness (QED) is 0.445. The van der Waals surface area contributed by atoms with Gasteiger partial charge in [0.15, 0.2) is 18.9 Å². The molecule has 188 valence electrons. The third-order valence-corrected chi connectivity index (χ3v) is 4.72. The predicted octanol–water partition coefficient (Wildman–Crippen LogP) is 1.03. The number of rotatable bonds is 6. The van der Waals surface area contributed by atoms with Crippen molar-refractivity contribution in [1.29, 1.82) is 0 Å². The van der Waals surface area contributed by atoms with Crippen LogP contribution in [0.4, 0.5) is 18.4 Å². The number of carbonyl (C=O) groups is 3. The van der Waals surface area contributed by atoms with E-state index in [-0.39, 0.29) is 5.56 Å². The van der Waals surface area contributed by atoms with Crippen LogP contribution >= 0.6 is 0 Å². The first kappa shape index (κ1) is 25.4. The molecular formula is C20H18F2N2O11. The average molecular weight is 500 g/mol. The Morgan fingerprint density at radius 3 is 2.29 bits per heavy atom. The smallest absolute Gasteiger partial charge is 0.456 e. The van der Waals surface area contributed by atoms with Crippen LogP contribution in [0.2, 0.25) is 0 Å². The van der Waals surface area contributed by atoms with Crippen LogP contribution in [0.25, 0.3) is 0 Å². The molecular weight excluding hydrogens is 482 g/mol. The first-order valence-electron chi connectivity index (χ1n) is 9.68. The number of methoxy groups -OCH3 is 2. The van der Waals surface area contributed by atoms with E-state index in [1.165, 1.54) is 0 Å². The molecule has 0 aliphatic carbocycles. The molecule has 1 aromatic heterocycles. The number of H-pyrrole nitrogens is 1. The Bertz CT molecular complexity index is 1210. The molecule has 1 saturated heterocycles. The van der Waals surface area contributed by atoms with Gasteiger partial charge in [-0.15, -0.1) is 0 Å². The summed E-state index contributed by atoms with van der Waals surface area (Å²) in [6, 6.07) is 4.98. The van der Waals surface area contributed by atoms with Crippen LogP contribution in [0.5, 0.6) is 0 Å². The van der Waals surface area contributed by atoms with Crippen LogP contribution in [-0.4, -0.2) is 66.7 Å². The summed E-state index contributed by atoms with van der Waals surface area (Å²) in [4.78, 5) is 61.5. The summed E-state index contributed by atoms with van der Waals surface area (Å²) in [6.07, 6.45) is -7.77. The number of hydrogen-bond acceptors (Lipinski definition) is 11. The second kappa shape index (κ2) is 10.3. The van der Waals surface area contributed by atoms with E-state index in [9.17, 15) is 28.4 Å². The number of alkyl halides is 1. The summed E-state index contributed by atoms with van der Waals surface area (Å²) in [5.41, 5.74) is -2.03. The van der Waals surface area contributed by atoms with Gasteiger partial charge in [0.25, 0.3) is 11.4 Å². The molecule has 0 amide bonds. The van der Waals surface area contributed by atoms with Gasteiger partial charge in [0.2, 0.25) is 6.10 Å². The van der Waals surface area contributed by atoms with Crippen molar-refractivity contribution in [2.45, 2.75) is 24.3 Å². The normalized spacial score (nSPS) is 23.3. The van der Waals surface area contributed by atoms with E-state index in [1.807, 2.05) is 4.98 Å². The van der Waals surface area contributed by atoms with Crippen LogP contribution in [0.15, 0.2) is 46.1 Å². The monoisotopic (exact) mass is 500 g/mol. The van der Waals surface area contributed by atoms with E-state index < -0.39 is 66.2 Å². The number of benzene rings is 1. The minimum atomic E-state index is -3.21. The number of ether oxygens (including phenoxy) is 6. The summed E-state index contributed by atoms with van der Waals surface area (Å²) in [6.45, 7) is -1.24. The highest BCUT2D eigenvalue weighted by molar-refractivity contribution is 5.89. The van der Waals surface area contributed by atoms with Gasteiger partial charge in [0, 0.05) is 12.3 Å². The first-order chi connectivity index (χ1) is 16.6. The number of aromatic amines is 1. The van der Waals surface area contributed by atoms with Crippen LogP contribution in [-0.2, 0) is 28.4 Å². The molecule has 1 N–H and O–H groups in total. The van der Waals surface area contributed by atoms with Crippen molar-refractivity contribution < 1.29 is 51.6 Å². The Morgan fingerprint density at radius 1 is 1.06 bits per heavy atom. The minimum Gasteiger partial charge on any atom is -0.456 e. The van der Waals surface area contributed by atoms with Gasteiger partial charge in [-0.05, 0) is 24.3 Å². The molecule has 3 rings (SSSR count). The van der Waals surface area contributed by atoms with Gasteiger partial charge in [-0.3, -0.25) is 14.3 Å². The van der Waals surface area contributed by atoms with Crippen LogP contribution in [0.1, 0.15) is 16.6 Å². The number of esters is 1. The Morgan fingerprint density at radius 2 is 1.69 bits per heavy atom. The Hall–Kier alpha value is -4.27. The zero-order chi connectivity index (χ0) is 25.8. The Labute approximate surface area is 194 Å². The van der Waals surface area contributed by atoms with Gasteiger partial charge < -0.3 is 28.4 Å². The third kappa shape index (κ3) is 5.63. The zero-order valence-corrected chi connectivity index (χ0v) is 18.1. The summed E-state index contributed by atoms with van der Waals surface area (Å²) < 4.78 is 58.5. The molecule has 0 radical (unpaired) electrons. The van der Waals surface area contributed by atoms with Gasteiger partial charge in [-0.2, -0.15) is 0 Å². The molecule has 1 fully saturated rings. The summed E-state index contributed by atoms with van der Waals surface area (Å²) in [7, 11) is 1.84. The molecule has 13 nitrogen and oxygen atoms in total. The molecule has 0 saturated carbocycles. The lowest BCUT2D eigenvalue weighted by Crippen LogP contribution is -2.48. The fourth-order valence-corrected chi connectivity index (χ4v) is 3.11. The third-order valence-electron chi connectivity index (χ3n) is 4.72. The van der Waals surface area contributed by atoms with Crippen molar-refractivity contribution in [2.24, 2.45) is 0 Å². The number of halogens is 2. The van der Waals surface area contributed by atoms with Gasteiger partial charge in [-0.1, -0.05) is 0 Å². The Balaban J connectivity index is 1.97. The maximum Gasteiger partial charge on any atom is 0.508 e. The average Bonchev–Trinajstić information content (AvgIpc) is 3.09. The van der Waals surface area contributed by atoms with E-state index in [4.69, 9.17) is 18.9 Å². The molecule has 0 spiro atoms. The van der Waals surface area contributed by atoms with Crippen molar-refractivity contribution in [1.82, 2.24) is 9.55 Å². The van der Waals surface area contributed by atoms with Gasteiger partial charge >= 0.3 is 24.0 Å². The molecule has 1 aromatic carbocycles. The maximum absolute atomic E-state index is 16.1. The van der Waals surface area contributed by atoms with E-state index >= 15 is 4.39 Å². The molecule has 2 aromatic rings. The van der Waals surface area contributed by atoms with E-state index in [0.717, 1.165) is 50.7 Å². The number of nitrogens with zero attached hydrogens (tertiary/aromatic N) is 1. The number of carbonyl (C=O) groups excluding carboxylic acids is 3. The highest BCUT2D eigenvalue weighted by Crippen LogP contribution is 2.42. The lowest BCUT2D eigenvalue weighted by atomic mass is 10.1. The fourth-order valence-electron chi connectivity index (χ4n) is 3.11. The van der Waals surface area contributed by atoms with E-state index in [1.54, 1.807) is 0 Å². The van der Waals surface area contributed by atoms with Crippen LogP contribution in [0, 0.1) is 5.82 Å². The number of hydrogen-bond donors (Lipinski definition) is 1. The lowest BCUT2D eigenvalue weighted by molar-refractivity contribution is -0.209. The zero-order valence-electron chi connectivity index (χ0n) is 18.1. The van der Waals surface area contributed by atoms with Crippen LogP contribution in [0.3, 0.4) is 0 Å². The molecule has 1 aliphatic rings. The molecule has 1 aliphatic heterocycles. The summed E-state index contributed by atoms with van der Waals surface area (Å²) in [5, 5.41) is 0. The van der Waals surface area contributed by atoms with Crippen LogP contribution < -0.4 is 11.2 Å². The SMILES string of the molecule is COC(=O)O[C@H]1[C@H](n2ccc(=O)[nH]c2=O)O[C@](F)(COC(=O)c2ccc(F)cc2)[C@H]1OC(=O)OC. The highest BCUT2D eigenvalue weighted by atomic mass is 19.2. The predicted molar refractivity (Wildman–Crippen MR) is 107 cm³/mol. The largest absolute Gasteiger partial charge is 0.508 e. The molecule has 35 heavy (non-hydrogen) atoms. The van der Waals surface area contributed by atoms with Gasteiger partial charge in [-0.25, -0.2) is 28.0 Å². The number of nitrogens with one attached hydrogen (secondary N) is 1. The number of aromatic nitrogens is 2. The lowest BCUT2D eigenvalue weighted by Gasteiger charge is -2.26. The summed E-state index contributed by atoms with van der Waals surface area (Å²) in [5.74, 6) is -4.94. The van der Waals surface area contributed by atoms with Crippen molar-refractivity contribution in [3.8, 4) is 0 Å². The van der Waals surface area contributed by atoms with Crippen molar-refractivity contribution in [3.63, 3.8) is 0 Å². The second-order valence-electron chi connectivity index (χ2n) is 6.92. The van der Waals surface area contributed by atoms with E-state index in [2.05, 4.69) is 9.47 Å². The topological polar surface area (TPSA) is 161 Å². The maximum atomic E-state index is 16.1. The standard InChI is InChI=1S/C20H18F2N2O11/c1-30-18(28)33-13-14(34-19(29)31-2)20(22,9-32-16(26)10-3-5-11(21)6-4-10)35-15(13)24-8-7-12(25)23-17(24)27/h3-8,13-15H,9H2,1-2H3,(H,23,25,27)/t13-,14+,15-,20-/m1/s1. The van der Waals surface area contributed by atoms with Crippen molar-refractivity contribution >= 4 is 18.3 Å². The first-order valence-corrected chi connectivity index (χ1v) is 9.68.